The predicted octanol–water partition coefficient (Wildman–Crippen LogP) is 4.18. The standard InChI is InChI=1S/C26H26N4O6/c1-32-19-12-17-18(13-20(19)33-2)29-25(15-8-6-14(7-9-15)24(27)31)30-26(17)28-16-10-21(34-3)23(36-5)22(11-16)35-4/h6-13H,1-5H3,(H2,27,31)(H,28,29,30). The SMILES string of the molecule is COc1cc2nc(-c3ccc(C(N)=O)cc3)nc(Nc3cc(OC)c(OC)c(OC)c3)c2cc1OC. The molecule has 0 spiro atoms. The molecule has 0 aliphatic heterocycles. The number of aromatic nitrogens is 2. The third kappa shape index (κ3) is 4.61. The molecule has 0 fully saturated rings. The second kappa shape index (κ2) is 10.3. The number of ether oxygens (including phenoxy) is 5. The van der Waals surface area contributed by atoms with Gasteiger partial charge >= 0.3 is 0 Å². The average Bonchev–Trinajstić information content (AvgIpc) is 2.91. The maximum Gasteiger partial charge on any atom is 0.248 e. The van der Waals surface area contributed by atoms with E-state index in [-0.39, 0.29) is 0 Å². The Balaban J connectivity index is 1.90. The number of hydrogen-bond acceptors (Lipinski definition) is 9. The van der Waals surface area contributed by atoms with Crippen molar-refractivity contribution < 1.29 is 28.5 Å². The lowest BCUT2D eigenvalue weighted by molar-refractivity contribution is 0.100. The summed E-state index contributed by atoms with van der Waals surface area (Å²) in [6.07, 6.45) is 0. The van der Waals surface area contributed by atoms with Crippen LogP contribution in [0.2, 0.25) is 0 Å². The molecule has 3 aromatic carbocycles. The van der Waals surface area contributed by atoms with Gasteiger partial charge in [-0.2, -0.15) is 0 Å². The van der Waals surface area contributed by atoms with E-state index in [9.17, 15) is 4.79 Å². The Morgan fingerprint density at radius 2 is 1.33 bits per heavy atom. The van der Waals surface area contributed by atoms with Gasteiger partial charge in [-0.1, -0.05) is 12.1 Å². The van der Waals surface area contributed by atoms with Crippen LogP contribution in [0.15, 0.2) is 48.5 Å². The zero-order valence-corrected chi connectivity index (χ0v) is 20.5. The van der Waals surface area contributed by atoms with Crippen molar-refractivity contribution in [3.8, 4) is 40.1 Å². The summed E-state index contributed by atoms with van der Waals surface area (Å²) in [4.78, 5) is 21.0. The van der Waals surface area contributed by atoms with Crippen molar-refractivity contribution in [3.63, 3.8) is 0 Å². The average molecular weight is 491 g/mol. The van der Waals surface area contributed by atoms with Gasteiger partial charge in [0.1, 0.15) is 5.82 Å². The number of nitrogens with two attached hydrogens (primary N) is 1. The number of methoxy groups -OCH3 is 5. The van der Waals surface area contributed by atoms with E-state index in [0.717, 1.165) is 0 Å². The first-order chi connectivity index (χ1) is 17.4. The third-order valence-corrected chi connectivity index (χ3v) is 5.56. The molecule has 0 aliphatic rings. The van der Waals surface area contributed by atoms with Gasteiger partial charge < -0.3 is 34.7 Å². The summed E-state index contributed by atoms with van der Waals surface area (Å²) < 4.78 is 27.4. The summed E-state index contributed by atoms with van der Waals surface area (Å²) in [7, 11) is 7.76. The van der Waals surface area contributed by atoms with Gasteiger partial charge in [-0.05, 0) is 18.2 Å². The first-order valence-corrected chi connectivity index (χ1v) is 10.8. The van der Waals surface area contributed by atoms with Gasteiger partial charge in [0.15, 0.2) is 28.8 Å². The van der Waals surface area contributed by atoms with Crippen molar-refractivity contribution in [1.29, 1.82) is 0 Å². The normalized spacial score (nSPS) is 10.6. The van der Waals surface area contributed by atoms with Gasteiger partial charge in [-0.3, -0.25) is 4.79 Å². The molecule has 0 aliphatic carbocycles. The van der Waals surface area contributed by atoms with Gasteiger partial charge in [0.05, 0.1) is 41.1 Å². The molecule has 0 radical (unpaired) electrons. The van der Waals surface area contributed by atoms with Gasteiger partial charge in [0.2, 0.25) is 11.7 Å². The number of amides is 1. The zero-order valence-electron chi connectivity index (χ0n) is 20.5. The van der Waals surface area contributed by atoms with Crippen LogP contribution in [-0.4, -0.2) is 51.4 Å². The second-order valence-corrected chi connectivity index (χ2v) is 7.60. The van der Waals surface area contributed by atoms with Crippen LogP contribution in [0, 0.1) is 0 Å². The van der Waals surface area contributed by atoms with E-state index in [2.05, 4.69) is 5.32 Å². The quantitative estimate of drug-likeness (QED) is 0.355. The number of fused-ring (bicyclic) bond motifs is 1. The molecule has 0 atom stereocenters. The van der Waals surface area contributed by atoms with Gasteiger partial charge in [-0.15, -0.1) is 0 Å². The molecular formula is C26H26N4O6. The number of hydrogen-bond donors (Lipinski definition) is 2. The van der Waals surface area contributed by atoms with E-state index < -0.39 is 5.91 Å². The van der Waals surface area contributed by atoms with Crippen LogP contribution in [-0.2, 0) is 0 Å². The highest BCUT2D eigenvalue weighted by Gasteiger charge is 2.18. The highest BCUT2D eigenvalue weighted by atomic mass is 16.5. The van der Waals surface area contributed by atoms with Crippen LogP contribution < -0.4 is 34.7 Å². The molecule has 186 valence electrons. The largest absolute Gasteiger partial charge is 0.493 e. The summed E-state index contributed by atoms with van der Waals surface area (Å²) in [5.74, 6) is 2.92. The van der Waals surface area contributed by atoms with Gasteiger partial charge in [0, 0.05) is 40.4 Å². The van der Waals surface area contributed by atoms with E-state index in [1.807, 2.05) is 0 Å². The molecule has 1 amide bonds. The summed E-state index contributed by atoms with van der Waals surface area (Å²) in [6.45, 7) is 0. The van der Waals surface area contributed by atoms with Crippen LogP contribution in [0.4, 0.5) is 11.5 Å². The van der Waals surface area contributed by atoms with Gasteiger partial charge in [0.25, 0.3) is 0 Å². The van der Waals surface area contributed by atoms with Crippen molar-refractivity contribution >= 4 is 28.3 Å². The van der Waals surface area contributed by atoms with Crippen molar-refractivity contribution in [3.05, 3.63) is 54.1 Å². The second-order valence-electron chi connectivity index (χ2n) is 7.60. The lowest BCUT2D eigenvalue weighted by Gasteiger charge is -2.17. The van der Waals surface area contributed by atoms with E-state index in [4.69, 9.17) is 39.4 Å². The minimum atomic E-state index is -0.512. The number of carbonyl (C=O) groups is 1. The number of nitrogens with zero attached hydrogens (tertiary/aromatic N) is 2. The summed E-state index contributed by atoms with van der Waals surface area (Å²) in [6, 6.07) is 13.9. The van der Waals surface area contributed by atoms with Crippen LogP contribution in [0.25, 0.3) is 22.3 Å². The van der Waals surface area contributed by atoms with Crippen LogP contribution in [0.5, 0.6) is 28.7 Å². The van der Waals surface area contributed by atoms with E-state index in [0.29, 0.717) is 68.1 Å². The molecule has 0 unspecified atom stereocenters. The molecule has 3 N–H and O–H groups in total. The summed E-state index contributed by atoms with van der Waals surface area (Å²) in [5, 5.41) is 4.03. The maximum absolute atomic E-state index is 11.5. The number of benzene rings is 3. The molecule has 4 aromatic rings. The molecule has 1 heterocycles. The molecule has 0 bridgehead atoms. The van der Waals surface area contributed by atoms with E-state index >= 15 is 0 Å². The molecule has 1 aromatic heterocycles. The summed E-state index contributed by atoms with van der Waals surface area (Å²) in [5.41, 5.74) is 7.73. The molecule has 4 rings (SSSR count). The van der Waals surface area contributed by atoms with E-state index in [1.54, 1.807) is 84.1 Å². The number of anilines is 2. The Morgan fingerprint density at radius 1 is 0.750 bits per heavy atom. The van der Waals surface area contributed by atoms with Crippen molar-refractivity contribution in [2.45, 2.75) is 0 Å². The lowest BCUT2D eigenvalue weighted by Crippen LogP contribution is -2.10. The van der Waals surface area contributed by atoms with Crippen LogP contribution in [0.1, 0.15) is 10.4 Å². The van der Waals surface area contributed by atoms with Crippen molar-refractivity contribution in [2.24, 2.45) is 5.73 Å². The Bertz CT molecular complexity index is 1400. The molecule has 0 saturated heterocycles. The van der Waals surface area contributed by atoms with E-state index in [1.165, 1.54) is 0 Å². The number of primary amides is 1. The zero-order chi connectivity index (χ0) is 25.8. The molecular weight excluding hydrogens is 464 g/mol. The van der Waals surface area contributed by atoms with Crippen LogP contribution >= 0.6 is 0 Å². The van der Waals surface area contributed by atoms with Crippen LogP contribution in [0.3, 0.4) is 0 Å². The fraction of sp³-hybridized carbons (Fsp3) is 0.192. The highest BCUT2D eigenvalue weighted by Crippen LogP contribution is 2.42. The molecule has 0 saturated carbocycles. The topological polar surface area (TPSA) is 127 Å². The fourth-order valence-corrected chi connectivity index (χ4v) is 3.75. The molecule has 10 nitrogen and oxygen atoms in total. The van der Waals surface area contributed by atoms with Gasteiger partial charge in [-0.25, -0.2) is 9.97 Å². The Kier molecular flexibility index (Phi) is 6.95. The fourth-order valence-electron chi connectivity index (χ4n) is 3.75. The monoisotopic (exact) mass is 490 g/mol. The number of rotatable bonds is 9. The lowest BCUT2D eigenvalue weighted by atomic mass is 10.1. The van der Waals surface area contributed by atoms with Crippen molar-refractivity contribution in [2.75, 3.05) is 40.9 Å². The number of carbonyl (C=O) groups excluding carboxylic acids is 1. The third-order valence-electron chi connectivity index (χ3n) is 5.56. The number of nitrogens with one attached hydrogen (secondary N) is 1. The Hall–Kier alpha value is -4.73. The predicted molar refractivity (Wildman–Crippen MR) is 136 cm³/mol. The Labute approximate surface area is 207 Å². The Morgan fingerprint density at radius 3 is 1.86 bits per heavy atom. The highest BCUT2D eigenvalue weighted by molar-refractivity contribution is 5.95. The molecule has 36 heavy (non-hydrogen) atoms. The van der Waals surface area contributed by atoms with Crippen molar-refractivity contribution in [1.82, 2.24) is 9.97 Å². The molecule has 10 heteroatoms. The maximum atomic E-state index is 11.5. The minimum Gasteiger partial charge on any atom is -0.493 e. The smallest absolute Gasteiger partial charge is 0.248 e. The first kappa shape index (κ1) is 24.4. The summed E-state index contributed by atoms with van der Waals surface area (Å²) >= 11 is 0. The first-order valence-electron chi connectivity index (χ1n) is 10.8. The minimum absolute atomic E-state index is 0.390.